The Hall–Kier alpha value is -2.06. The number of halogens is 1. The Kier molecular flexibility index (Phi) is 3.34. The third kappa shape index (κ3) is 2.69. The van der Waals surface area contributed by atoms with Gasteiger partial charge in [0, 0.05) is 18.1 Å². The van der Waals surface area contributed by atoms with Crippen LogP contribution in [0.25, 0.3) is 10.9 Å². The van der Waals surface area contributed by atoms with Crippen molar-refractivity contribution in [3.05, 3.63) is 71.4 Å². The zero-order chi connectivity index (χ0) is 13.1. The summed E-state index contributed by atoms with van der Waals surface area (Å²) < 4.78 is 0. The maximum Gasteiger partial charge on any atom is 0.0702 e. The number of fused-ring (bicyclic) bond motifs is 1. The first-order valence-electron chi connectivity index (χ1n) is 6.15. The summed E-state index contributed by atoms with van der Waals surface area (Å²) in [5.41, 5.74) is 3.18. The number of para-hydroxylation sites is 1. The molecule has 0 saturated carbocycles. The van der Waals surface area contributed by atoms with Gasteiger partial charge in [-0.25, -0.2) is 0 Å². The maximum atomic E-state index is 6.11. The molecule has 94 valence electrons. The van der Waals surface area contributed by atoms with Gasteiger partial charge in [-0.1, -0.05) is 35.9 Å². The molecule has 19 heavy (non-hydrogen) atoms. The first kappa shape index (κ1) is 12.0. The average molecular weight is 269 g/mol. The summed E-state index contributed by atoms with van der Waals surface area (Å²) in [5, 5.41) is 5.24. The summed E-state index contributed by atoms with van der Waals surface area (Å²) in [7, 11) is 0. The normalized spacial score (nSPS) is 10.6. The van der Waals surface area contributed by atoms with Crippen LogP contribution in [0.3, 0.4) is 0 Å². The van der Waals surface area contributed by atoms with Gasteiger partial charge in [-0.15, -0.1) is 0 Å². The number of hydrogen-bond acceptors (Lipinski definition) is 2. The molecule has 2 aromatic carbocycles. The van der Waals surface area contributed by atoms with Gasteiger partial charge in [-0.3, -0.25) is 4.98 Å². The number of nitrogens with zero attached hydrogens (tertiary/aromatic N) is 1. The standard InChI is InChI=1S/C16H13ClN2/c17-14-5-1-2-6-16(14)19-11-12-7-8-15-13(10-12)4-3-9-18-15/h1-10,19H,11H2. The van der Waals surface area contributed by atoms with Crippen LogP contribution in [-0.2, 0) is 6.54 Å². The predicted octanol–water partition coefficient (Wildman–Crippen LogP) is 4.50. The van der Waals surface area contributed by atoms with E-state index in [2.05, 4.69) is 28.5 Å². The molecule has 0 saturated heterocycles. The topological polar surface area (TPSA) is 24.9 Å². The molecule has 1 aromatic heterocycles. The summed E-state index contributed by atoms with van der Waals surface area (Å²) in [6.07, 6.45) is 1.81. The molecule has 1 heterocycles. The molecule has 0 aliphatic carbocycles. The molecule has 0 amide bonds. The summed E-state index contributed by atoms with van der Waals surface area (Å²) in [4.78, 5) is 4.31. The van der Waals surface area contributed by atoms with Gasteiger partial charge in [-0.05, 0) is 35.9 Å². The van der Waals surface area contributed by atoms with Gasteiger partial charge in [0.05, 0.1) is 16.2 Å². The lowest BCUT2D eigenvalue weighted by Gasteiger charge is -2.08. The van der Waals surface area contributed by atoms with Crippen molar-refractivity contribution in [1.29, 1.82) is 0 Å². The number of benzene rings is 2. The Morgan fingerprint density at radius 3 is 2.79 bits per heavy atom. The molecule has 0 spiro atoms. The van der Waals surface area contributed by atoms with Crippen LogP contribution in [0.1, 0.15) is 5.56 Å². The lowest BCUT2D eigenvalue weighted by Crippen LogP contribution is -1.99. The van der Waals surface area contributed by atoms with Crippen LogP contribution < -0.4 is 5.32 Å². The van der Waals surface area contributed by atoms with Crippen molar-refractivity contribution in [2.75, 3.05) is 5.32 Å². The lowest BCUT2D eigenvalue weighted by molar-refractivity contribution is 1.15. The number of pyridine rings is 1. The van der Waals surface area contributed by atoms with Gasteiger partial charge in [0.2, 0.25) is 0 Å². The van der Waals surface area contributed by atoms with E-state index < -0.39 is 0 Å². The van der Waals surface area contributed by atoms with Crippen molar-refractivity contribution in [1.82, 2.24) is 4.98 Å². The number of anilines is 1. The summed E-state index contributed by atoms with van der Waals surface area (Å²) in [6.45, 7) is 0.745. The second-order valence-electron chi connectivity index (χ2n) is 4.36. The second-order valence-corrected chi connectivity index (χ2v) is 4.77. The molecule has 0 fully saturated rings. The van der Waals surface area contributed by atoms with E-state index in [0.29, 0.717) is 0 Å². The minimum absolute atomic E-state index is 0.741. The van der Waals surface area contributed by atoms with E-state index in [-0.39, 0.29) is 0 Å². The predicted molar refractivity (Wildman–Crippen MR) is 80.5 cm³/mol. The average Bonchev–Trinajstić information content (AvgIpc) is 2.46. The highest BCUT2D eigenvalue weighted by Gasteiger charge is 2.00. The fourth-order valence-corrected chi connectivity index (χ4v) is 2.24. The monoisotopic (exact) mass is 268 g/mol. The van der Waals surface area contributed by atoms with Crippen LogP contribution in [-0.4, -0.2) is 4.98 Å². The summed E-state index contributed by atoms with van der Waals surface area (Å²) in [5.74, 6) is 0. The molecule has 0 atom stereocenters. The van der Waals surface area contributed by atoms with E-state index in [1.165, 1.54) is 5.56 Å². The molecule has 1 N–H and O–H groups in total. The SMILES string of the molecule is Clc1ccccc1NCc1ccc2ncccc2c1. The van der Waals surface area contributed by atoms with E-state index in [0.717, 1.165) is 28.2 Å². The first-order chi connectivity index (χ1) is 9.33. The van der Waals surface area contributed by atoms with Gasteiger partial charge in [-0.2, -0.15) is 0 Å². The molecule has 3 heteroatoms. The molecule has 0 radical (unpaired) electrons. The number of aromatic nitrogens is 1. The van der Waals surface area contributed by atoms with Gasteiger partial charge < -0.3 is 5.32 Å². The third-order valence-corrected chi connectivity index (χ3v) is 3.35. The lowest BCUT2D eigenvalue weighted by atomic mass is 10.1. The van der Waals surface area contributed by atoms with E-state index >= 15 is 0 Å². The third-order valence-electron chi connectivity index (χ3n) is 3.02. The Labute approximate surface area is 117 Å². The van der Waals surface area contributed by atoms with E-state index in [1.807, 2.05) is 42.6 Å². The van der Waals surface area contributed by atoms with E-state index in [9.17, 15) is 0 Å². The van der Waals surface area contributed by atoms with Crippen molar-refractivity contribution in [3.8, 4) is 0 Å². The van der Waals surface area contributed by atoms with E-state index in [1.54, 1.807) is 0 Å². The van der Waals surface area contributed by atoms with Gasteiger partial charge in [0.15, 0.2) is 0 Å². The summed E-state index contributed by atoms with van der Waals surface area (Å²) >= 11 is 6.11. The van der Waals surface area contributed by atoms with Crippen molar-refractivity contribution >= 4 is 28.2 Å². The van der Waals surface area contributed by atoms with Crippen LogP contribution in [0.2, 0.25) is 5.02 Å². The molecule has 0 bridgehead atoms. The highest BCUT2D eigenvalue weighted by Crippen LogP contribution is 2.21. The molecule has 2 nitrogen and oxygen atoms in total. The Bertz CT molecular complexity index is 710. The number of rotatable bonds is 3. The molecule has 0 aliphatic rings. The van der Waals surface area contributed by atoms with Crippen molar-refractivity contribution in [2.45, 2.75) is 6.54 Å². The fraction of sp³-hybridized carbons (Fsp3) is 0.0625. The first-order valence-corrected chi connectivity index (χ1v) is 6.53. The van der Waals surface area contributed by atoms with Crippen molar-refractivity contribution in [3.63, 3.8) is 0 Å². The molecule has 3 rings (SSSR count). The Morgan fingerprint density at radius 2 is 1.89 bits per heavy atom. The Balaban J connectivity index is 1.80. The maximum absolute atomic E-state index is 6.11. The number of nitrogens with one attached hydrogen (secondary N) is 1. The molecule has 3 aromatic rings. The van der Waals surface area contributed by atoms with Crippen LogP contribution in [0.4, 0.5) is 5.69 Å². The zero-order valence-corrected chi connectivity index (χ0v) is 11.1. The largest absolute Gasteiger partial charge is 0.380 e. The Morgan fingerprint density at radius 1 is 1.00 bits per heavy atom. The minimum atomic E-state index is 0.741. The van der Waals surface area contributed by atoms with Gasteiger partial charge >= 0.3 is 0 Å². The molecule has 0 aliphatic heterocycles. The zero-order valence-electron chi connectivity index (χ0n) is 10.3. The summed E-state index contributed by atoms with van der Waals surface area (Å²) in [6, 6.07) is 18.0. The smallest absolute Gasteiger partial charge is 0.0702 e. The van der Waals surface area contributed by atoms with Gasteiger partial charge in [0.1, 0.15) is 0 Å². The van der Waals surface area contributed by atoms with Crippen LogP contribution in [0, 0.1) is 0 Å². The van der Waals surface area contributed by atoms with Crippen LogP contribution in [0.15, 0.2) is 60.8 Å². The van der Waals surface area contributed by atoms with Crippen molar-refractivity contribution in [2.24, 2.45) is 0 Å². The fourth-order valence-electron chi connectivity index (χ4n) is 2.04. The van der Waals surface area contributed by atoms with Crippen LogP contribution in [0.5, 0.6) is 0 Å². The molecular formula is C16H13ClN2. The van der Waals surface area contributed by atoms with Gasteiger partial charge in [0.25, 0.3) is 0 Å². The van der Waals surface area contributed by atoms with Crippen LogP contribution >= 0.6 is 11.6 Å². The molecule has 0 unspecified atom stereocenters. The number of hydrogen-bond donors (Lipinski definition) is 1. The minimum Gasteiger partial charge on any atom is -0.380 e. The quantitative estimate of drug-likeness (QED) is 0.756. The van der Waals surface area contributed by atoms with E-state index in [4.69, 9.17) is 11.6 Å². The highest BCUT2D eigenvalue weighted by atomic mass is 35.5. The van der Waals surface area contributed by atoms with Crippen molar-refractivity contribution < 1.29 is 0 Å². The highest BCUT2D eigenvalue weighted by molar-refractivity contribution is 6.33. The molecular weight excluding hydrogens is 256 g/mol. The second kappa shape index (κ2) is 5.29.